The van der Waals surface area contributed by atoms with Crippen LogP contribution in [0.3, 0.4) is 0 Å². The van der Waals surface area contributed by atoms with Crippen molar-refractivity contribution in [2.45, 2.75) is 38.1 Å². The van der Waals surface area contributed by atoms with E-state index < -0.39 is 0 Å². The predicted molar refractivity (Wildman–Crippen MR) is 133 cm³/mol. The van der Waals surface area contributed by atoms with E-state index in [4.69, 9.17) is 9.15 Å². The number of carbonyl (C=O) groups excluding carboxylic acids is 2. The monoisotopic (exact) mass is 475 g/mol. The van der Waals surface area contributed by atoms with Gasteiger partial charge in [0.1, 0.15) is 11.5 Å². The van der Waals surface area contributed by atoms with Crippen LogP contribution in [0.15, 0.2) is 71.6 Å². The number of likely N-dealkylation sites (N-methyl/N-ethyl adjacent to an activating group) is 1. The smallest absolute Gasteiger partial charge is 0.255 e. The van der Waals surface area contributed by atoms with Crippen LogP contribution in [0, 0.1) is 5.92 Å². The Morgan fingerprint density at radius 1 is 1.17 bits per heavy atom. The molecule has 2 aromatic heterocycles. The number of benzene rings is 1. The minimum absolute atomic E-state index is 0.00446. The van der Waals surface area contributed by atoms with Crippen LogP contribution < -0.4 is 4.74 Å². The molecule has 0 saturated carbocycles. The molecule has 7 heteroatoms. The van der Waals surface area contributed by atoms with Crippen LogP contribution in [-0.4, -0.2) is 59.9 Å². The molecule has 0 unspecified atom stereocenters. The van der Waals surface area contributed by atoms with Crippen molar-refractivity contribution >= 4 is 11.8 Å². The Bertz CT molecular complexity index is 1090. The number of nitrogens with zero attached hydrogens (tertiary/aromatic N) is 3. The van der Waals surface area contributed by atoms with Crippen molar-refractivity contribution in [1.29, 1.82) is 0 Å². The van der Waals surface area contributed by atoms with Gasteiger partial charge in [-0.3, -0.25) is 14.6 Å². The van der Waals surface area contributed by atoms with Gasteiger partial charge in [-0.05, 0) is 67.1 Å². The van der Waals surface area contributed by atoms with Gasteiger partial charge >= 0.3 is 0 Å². The number of aromatic nitrogens is 1. The van der Waals surface area contributed by atoms with Crippen molar-refractivity contribution < 1.29 is 18.7 Å². The Morgan fingerprint density at radius 2 is 2.00 bits per heavy atom. The largest absolute Gasteiger partial charge is 0.497 e. The highest BCUT2D eigenvalue weighted by Crippen LogP contribution is 2.28. The van der Waals surface area contributed by atoms with Gasteiger partial charge in [-0.2, -0.15) is 0 Å². The minimum atomic E-state index is -0.0389. The second kappa shape index (κ2) is 11.7. The van der Waals surface area contributed by atoms with E-state index in [1.54, 1.807) is 37.9 Å². The van der Waals surface area contributed by atoms with Crippen molar-refractivity contribution in [3.63, 3.8) is 0 Å². The summed E-state index contributed by atoms with van der Waals surface area (Å²) >= 11 is 0. The van der Waals surface area contributed by atoms with E-state index in [2.05, 4.69) is 11.1 Å². The first-order valence-corrected chi connectivity index (χ1v) is 12.2. The normalized spacial score (nSPS) is 15.0. The number of amides is 2. The average molecular weight is 476 g/mol. The Balaban J connectivity index is 1.44. The van der Waals surface area contributed by atoms with Crippen molar-refractivity contribution in [3.05, 3.63) is 84.1 Å². The molecule has 2 amide bonds. The van der Waals surface area contributed by atoms with Crippen LogP contribution >= 0.6 is 0 Å². The lowest BCUT2D eigenvalue weighted by molar-refractivity contribution is -0.132. The number of piperidine rings is 1. The molecule has 0 radical (unpaired) electrons. The van der Waals surface area contributed by atoms with Gasteiger partial charge in [0.15, 0.2) is 0 Å². The number of pyridine rings is 1. The maximum Gasteiger partial charge on any atom is 0.255 e. The highest BCUT2D eigenvalue weighted by Gasteiger charge is 2.33. The molecule has 0 aliphatic carbocycles. The van der Waals surface area contributed by atoms with Gasteiger partial charge in [0.05, 0.1) is 18.9 Å². The fraction of sp³-hybridized carbons (Fsp3) is 0.393. The summed E-state index contributed by atoms with van der Waals surface area (Å²) in [5.74, 6) is 2.04. The lowest BCUT2D eigenvalue weighted by atomic mass is 9.84. The molecule has 184 valence electrons. The number of aryl methyl sites for hydroxylation is 1. The highest BCUT2D eigenvalue weighted by atomic mass is 16.5. The van der Waals surface area contributed by atoms with E-state index >= 15 is 0 Å². The van der Waals surface area contributed by atoms with Crippen LogP contribution in [0.5, 0.6) is 5.75 Å². The fourth-order valence-corrected chi connectivity index (χ4v) is 4.88. The van der Waals surface area contributed by atoms with Crippen LogP contribution in [0.25, 0.3) is 0 Å². The molecule has 0 N–H and O–H groups in total. The van der Waals surface area contributed by atoms with Crippen molar-refractivity contribution in [3.8, 4) is 5.75 Å². The van der Waals surface area contributed by atoms with Crippen molar-refractivity contribution in [2.24, 2.45) is 5.92 Å². The highest BCUT2D eigenvalue weighted by molar-refractivity contribution is 5.94. The van der Waals surface area contributed by atoms with Crippen LogP contribution in [-0.2, 0) is 17.6 Å². The molecular formula is C28H33N3O4. The van der Waals surface area contributed by atoms with E-state index in [1.165, 1.54) is 0 Å². The second-order valence-corrected chi connectivity index (χ2v) is 9.08. The number of hydrogen-bond donors (Lipinski definition) is 0. The van der Waals surface area contributed by atoms with Crippen molar-refractivity contribution in [2.75, 3.05) is 27.2 Å². The minimum Gasteiger partial charge on any atom is -0.497 e. The molecule has 35 heavy (non-hydrogen) atoms. The summed E-state index contributed by atoms with van der Waals surface area (Å²) in [6, 6.07) is 15.3. The van der Waals surface area contributed by atoms with Crippen LogP contribution in [0.4, 0.5) is 0 Å². The third kappa shape index (κ3) is 6.29. The summed E-state index contributed by atoms with van der Waals surface area (Å²) in [5.41, 5.74) is 1.70. The zero-order valence-electron chi connectivity index (χ0n) is 20.4. The summed E-state index contributed by atoms with van der Waals surface area (Å²) < 4.78 is 10.8. The number of methoxy groups -OCH3 is 1. The van der Waals surface area contributed by atoms with E-state index in [1.807, 2.05) is 47.2 Å². The number of furan rings is 1. The standard InChI is InChI=1S/C28H33N3O4/c1-30(28(33)23-7-4-14-29-20-23)26(19-21-6-3-8-25(18-21)34-2)22-12-15-31(16-13-22)27(32)11-10-24-9-5-17-35-24/h3-9,14,17-18,20,22,26H,10-13,15-16,19H2,1-2H3/t26-/m1/s1. The quantitative estimate of drug-likeness (QED) is 0.463. The molecule has 7 nitrogen and oxygen atoms in total. The number of rotatable bonds is 9. The van der Waals surface area contributed by atoms with Crippen LogP contribution in [0.1, 0.15) is 40.9 Å². The molecule has 1 saturated heterocycles. The van der Waals surface area contributed by atoms with Gasteiger partial charge in [0.25, 0.3) is 5.91 Å². The van der Waals surface area contributed by atoms with Gasteiger partial charge in [0, 0.05) is 51.4 Å². The van der Waals surface area contributed by atoms with E-state index in [9.17, 15) is 9.59 Å². The first-order valence-electron chi connectivity index (χ1n) is 12.2. The summed E-state index contributed by atoms with van der Waals surface area (Å²) in [4.78, 5) is 34.0. The molecule has 1 fully saturated rings. The lowest BCUT2D eigenvalue weighted by Gasteiger charge is -2.40. The molecule has 4 rings (SSSR count). The molecule has 0 bridgehead atoms. The fourth-order valence-electron chi connectivity index (χ4n) is 4.88. The Hall–Kier alpha value is -3.61. The molecule has 0 spiro atoms. The Kier molecular flexibility index (Phi) is 8.19. The molecule has 3 heterocycles. The van der Waals surface area contributed by atoms with Gasteiger partial charge in [0.2, 0.25) is 5.91 Å². The Morgan fingerprint density at radius 3 is 2.69 bits per heavy atom. The number of ether oxygens (including phenoxy) is 1. The molecule has 1 aromatic carbocycles. The maximum absolute atomic E-state index is 13.3. The van der Waals surface area contributed by atoms with Gasteiger partial charge in [-0.15, -0.1) is 0 Å². The molecular weight excluding hydrogens is 442 g/mol. The summed E-state index contributed by atoms with van der Waals surface area (Å²) in [5, 5.41) is 0. The van der Waals surface area contributed by atoms with E-state index in [0.717, 1.165) is 36.3 Å². The summed E-state index contributed by atoms with van der Waals surface area (Å²) in [6.07, 6.45) is 8.41. The SMILES string of the molecule is COc1cccc(C[C@H](C2CCN(C(=O)CCc3ccco3)CC2)N(C)C(=O)c2cccnc2)c1. The maximum atomic E-state index is 13.3. The van der Waals surface area contributed by atoms with Gasteiger partial charge in [-0.25, -0.2) is 0 Å². The first kappa shape index (κ1) is 24.5. The molecule has 1 atom stereocenters. The third-order valence-electron chi connectivity index (χ3n) is 6.91. The predicted octanol–water partition coefficient (Wildman–Crippen LogP) is 4.24. The number of hydrogen-bond acceptors (Lipinski definition) is 5. The average Bonchev–Trinajstić information content (AvgIpc) is 3.44. The van der Waals surface area contributed by atoms with E-state index in [-0.39, 0.29) is 23.8 Å². The summed E-state index contributed by atoms with van der Waals surface area (Å²) in [7, 11) is 3.54. The molecule has 1 aliphatic heterocycles. The van der Waals surface area contributed by atoms with Gasteiger partial charge < -0.3 is 19.0 Å². The lowest BCUT2D eigenvalue weighted by Crippen LogP contribution is -2.48. The van der Waals surface area contributed by atoms with Gasteiger partial charge in [-0.1, -0.05) is 12.1 Å². The topological polar surface area (TPSA) is 75.9 Å². The molecule has 3 aromatic rings. The zero-order chi connectivity index (χ0) is 24.6. The third-order valence-corrected chi connectivity index (χ3v) is 6.91. The van der Waals surface area contributed by atoms with Crippen molar-refractivity contribution in [1.82, 2.24) is 14.8 Å². The molecule has 1 aliphatic rings. The number of carbonyl (C=O) groups is 2. The van der Waals surface area contributed by atoms with Crippen LogP contribution in [0.2, 0.25) is 0 Å². The van der Waals surface area contributed by atoms with E-state index in [0.29, 0.717) is 31.5 Å². The summed E-state index contributed by atoms with van der Waals surface area (Å²) in [6.45, 7) is 1.40. The zero-order valence-corrected chi connectivity index (χ0v) is 20.4. The first-order chi connectivity index (χ1) is 17.0. The second-order valence-electron chi connectivity index (χ2n) is 9.08. The number of likely N-dealkylation sites (tertiary alicyclic amines) is 1. The Labute approximate surface area is 206 Å².